The number of piperazine rings is 1. The average molecular weight is 507 g/mol. The topological polar surface area (TPSA) is 38.8 Å². The summed E-state index contributed by atoms with van der Waals surface area (Å²) < 4.78 is 41.8. The maximum Gasteiger partial charge on any atom is 0.409 e. The van der Waals surface area contributed by atoms with Crippen molar-refractivity contribution in [2.45, 2.75) is 56.8 Å². The van der Waals surface area contributed by atoms with E-state index in [1.165, 1.54) is 4.90 Å². The van der Waals surface area contributed by atoms with E-state index in [4.69, 9.17) is 23.2 Å². The number of nitrogens with zero attached hydrogens (tertiary/aromatic N) is 3. The monoisotopic (exact) mass is 506 g/mol. The van der Waals surface area contributed by atoms with Crippen molar-refractivity contribution in [3.05, 3.63) is 28.2 Å². The molecule has 0 unspecified atom stereocenters. The molecule has 10 heteroatoms. The molecular weight excluding hydrogens is 476 g/mol. The maximum absolute atomic E-state index is 13.9. The number of hydrogen-bond acceptors (Lipinski definition) is 3. The van der Waals surface area contributed by atoms with Crippen LogP contribution in [0.4, 0.5) is 23.7 Å². The van der Waals surface area contributed by atoms with Gasteiger partial charge in [0.25, 0.3) is 0 Å². The molecule has 1 aliphatic carbocycles. The van der Waals surface area contributed by atoms with E-state index in [1.54, 1.807) is 18.2 Å². The third-order valence-electron chi connectivity index (χ3n) is 7.25. The van der Waals surface area contributed by atoms with Crippen molar-refractivity contribution in [1.29, 1.82) is 0 Å². The number of hydrogen-bond donors (Lipinski definition) is 1. The van der Waals surface area contributed by atoms with E-state index in [9.17, 15) is 18.0 Å². The van der Waals surface area contributed by atoms with Gasteiger partial charge in [-0.1, -0.05) is 29.3 Å². The Balaban J connectivity index is 1.27. The van der Waals surface area contributed by atoms with Crippen LogP contribution in [0.3, 0.4) is 0 Å². The Bertz CT molecular complexity index is 828. The lowest BCUT2D eigenvalue weighted by Crippen LogP contribution is -2.59. The summed E-state index contributed by atoms with van der Waals surface area (Å²) in [4.78, 5) is 17.2. The third-order valence-corrected chi connectivity index (χ3v) is 8.06. The van der Waals surface area contributed by atoms with E-state index in [2.05, 4.69) is 5.32 Å². The van der Waals surface area contributed by atoms with Crippen LogP contribution < -0.4 is 10.2 Å². The number of likely N-dealkylation sites (tertiary alicyclic amines) is 1. The molecule has 0 bridgehead atoms. The van der Waals surface area contributed by atoms with Gasteiger partial charge in [-0.2, -0.15) is 13.2 Å². The average Bonchev–Trinajstić information content (AvgIpc) is 2.73. The second kappa shape index (κ2) is 10.5. The molecular formula is C23H31Cl2F3N4O. The highest BCUT2D eigenvalue weighted by Gasteiger charge is 2.47. The van der Waals surface area contributed by atoms with Gasteiger partial charge in [0, 0.05) is 38.8 Å². The molecule has 1 N–H and O–H groups in total. The SMILES string of the molecule is O=C(N[C@H]1CC[C@H](CCN2CCN(c3cccc(Cl)c3Cl)[C@H](C(F)(F)F)C2)CC1)N1CCC1. The van der Waals surface area contributed by atoms with Crippen molar-refractivity contribution < 1.29 is 18.0 Å². The zero-order valence-corrected chi connectivity index (χ0v) is 20.1. The normalized spacial score (nSPS) is 26.8. The molecule has 1 aromatic rings. The Morgan fingerprint density at radius 2 is 1.79 bits per heavy atom. The van der Waals surface area contributed by atoms with E-state index < -0.39 is 12.2 Å². The van der Waals surface area contributed by atoms with Crippen LogP contribution in [0.5, 0.6) is 0 Å². The van der Waals surface area contributed by atoms with E-state index in [0.717, 1.165) is 51.6 Å². The second-order valence-corrected chi connectivity index (χ2v) is 10.2. The summed E-state index contributed by atoms with van der Waals surface area (Å²) in [6.07, 6.45) is 1.49. The van der Waals surface area contributed by atoms with Crippen LogP contribution in [0.15, 0.2) is 18.2 Å². The van der Waals surface area contributed by atoms with Crippen molar-refractivity contribution in [3.63, 3.8) is 0 Å². The molecule has 5 nitrogen and oxygen atoms in total. The Hall–Kier alpha value is -1.38. The standard InChI is InChI=1S/C23H31Cl2F3N4O/c24-18-3-1-4-19(21(18)25)32-14-13-30(15-20(32)23(26,27)28)12-9-16-5-7-17(8-6-16)29-22(33)31-10-2-11-31/h1,3-4,16-17,20H,2,5-15H2,(H,29,33)/t16-,17-,20-/m0/s1. The lowest BCUT2D eigenvalue weighted by atomic mass is 9.84. The van der Waals surface area contributed by atoms with Crippen LogP contribution in [-0.2, 0) is 0 Å². The van der Waals surface area contributed by atoms with Crippen molar-refractivity contribution in [2.75, 3.05) is 44.2 Å². The number of rotatable bonds is 5. The first-order valence-electron chi connectivity index (χ1n) is 11.8. The van der Waals surface area contributed by atoms with Crippen LogP contribution in [0, 0.1) is 5.92 Å². The molecule has 1 atom stereocenters. The van der Waals surface area contributed by atoms with Crippen molar-refractivity contribution in [3.8, 4) is 0 Å². The molecule has 0 spiro atoms. The molecule has 2 heterocycles. The first kappa shape index (κ1) is 24.7. The summed E-state index contributed by atoms with van der Waals surface area (Å²) in [5, 5.41) is 3.55. The van der Waals surface area contributed by atoms with Crippen LogP contribution >= 0.6 is 23.2 Å². The minimum atomic E-state index is -4.36. The number of amides is 2. The second-order valence-electron chi connectivity index (χ2n) is 9.42. The van der Waals surface area contributed by atoms with Crippen molar-refractivity contribution in [1.82, 2.24) is 15.1 Å². The first-order valence-corrected chi connectivity index (χ1v) is 12.5. The fourth-order valence-corrected chi connectivity index (χ4v) is 5.48. The maximum atomic E-state index is 13.9. The van der Waals surface area contributed by atoms with E-state index in [0.29, 0.717) is 24.7 Å². The number of nitrogens with one attached hydrogen (secondary N) is 1. The van der Waals surface area contributed by atoms with Crippen LogP contribution in [0.25, 0.3) is 0 Å². The van der Waals surface area contributed by atoms with E-state index in [1.807, 2.05) is 9.80 Å². The van der Waals surface area contributed by atoms with Gasteiger partial charge >= 0.3 is 12.2 Å². The molecule has 184 valence electrons. The summed E-state index contributed by atoms with van der Waals surface area (Å²) >= 11 is 12.3. The van der Waals surface area contributed by atoms with Crippen LogP contribution in [-0.4, -0.2) is 73.4 Å². The molecule has 1 aromatic carbocycles. The lowest BCUT2D eigenvalue weighted by molar-refractivity contribution is -0.156. The summed E-state index contributed by atoms with van der Waals surface area (Å²) in [5.41, 5.74) is 0.338. The highest BCUT2D eigenvalue weighted by molar-refractivity contribution is 6.43. The Labute approximate surface area is 203 Å². The number of anilines is 1. The summed E-state index contributed by atoms with van der Waals surface area (Å²) in [6.45, 7) is 3.07. The summed E-state index contributed by atoms with van der Waals surface area (Å²) in [6, 6.07) is 3.45. The molecule has 1 saturated carbocycles. The molecule has 3 aliphatic rings. The number of benzene rings is 1. The molecule has 2 amide bonds. The number of halogens is 5. The van der Waals surface area contributed by atoms with Gasteiger partial charge in [0.1, 0.15) is 6.04 Å². The Morgan fingerprint density at radius 1 is 1.06 bits per heavy atom. The molecule has 0 radical (unpaired) electrons. The molecule has 0 aromatic heterocycles. The summed E-state index contributed by atoms with van der Waals surface area (Å²) in [5.74, 6) is 0.493. The van der Waals surface area contributed by atoms with E-state index >= 15 is 0 Å². The van der Waals surface area contributed by atoms with Crippen molar-refractivity contribution in [2.24, 2.45) is 5.92 Å². The fraction of sp³-hybridized carbons (Fsp3) is 0.696. The predicted octanol–water partition coefficient (Wildman–Crippen LogP) is 5.41. The molecule has 2 aliphatic heterocycles. The number of alkyl halides is 3. The van der Waals surface area contributed by atoms with Crippen LogP contribution in [0.2, 0.25) is 10.0 Å². The van der Waals surface area contributed by atoms with Gasteiger partial charge in [-0.25, -0.2) is 4.79 Å². The zero-order chi connectivity index (χ0) is 23.6. The molecule has 2 saturated heterocycles. The van der Waals surface area contributed by atoms with Gasteiger partial charge in [-0.15, -0.1) is 0 Å². The largest absolute Gasteiger partial charge is 0.409 e. The highest BCUT2D eigenvalue weighted by atomic mass is 35.5. The Morgan fingerprint density at radius 3 is 2.42 bits per heavy atom. The Kier molecular flexibility index (Phi) is 7.86. The highest BCUT2D eigenvalue weighted by Crippen LogP contribution is 2.38. The quantitative estimate of drug-likeness (QED) is 0.580. The first-order chi connectivity index (χ1) is 15.7. The van der Waals surface area contributed by atoms with Gasteiger partial charge in [0.05, 0.1) is 15.7 Å². The van der Waals surface area contributed by atoms with Gasteiger partial charge in [0.2, 0.25) is 0 Å². The van der Waals surface area contributed by atoms with Gasteiger partial charge < -0.3 is 15.1 Å². The lowest BCUT2D eigenvalue weighted by Gasteiger charge is -2.44. The minimum absolute atomic E-state index is 0.0422. The molecule has 3 fully saturated rings. The number of urea groups is 1. The van der Waals surface area contributed by atoms with Crippen LogP contribution in [0.1, 0.15) is 38.5 Å². The number of carbonyl (C=O) groups excluding carboxylic acids is 1. The molecule has 4 rings (SSSR count). The van der Waals surface area contributed by atoms with Gasteiger partial charge in [-0.3, -0.25) is 4.90 Å². The van der Waals surface area contributed by atoms with E-state index in [-0.39, 0.29) is 35.2 Å². The predicted molar refractivity (Wildman–Crippen MR) is 125 cm³/mol. The summed E-state index contributed by atoms with van der Waals surface area (Å²) in [7, 11) is 0. The fourth-order valence-electron chi connectivity index (χ4n) is 5.07. The van der Waals surface area contributed by atoms with Crippen molar-refractivity contribution >= 4 is 34.9 Å². The van der Waals surface area contributed by atoms with Gasteiger partial charge in [0.15, 0.2) is 0 Å². The number of carbonyl (C=O) groups is 1. The zero-order valence-electron chi connectivity index (χ0n) is 18.6. The van der Waals surface area contributed by atoms with Gasteiger partial charge in [-0.05, 0) is 63.1 Å². The smallest absolute Gasteiger partial charge is 0.356 e. The third kappa shape index (κ3) is 6.01. The minimum Gasteiger partial charge on any atom is -0.356 e. The molecule has 33 heavy (non-hydrogen) atoms.